The van der Waals surface area contributed by atoms with Gasteiger partial charge in [-0.3, -0.25) is 4.79 Å². The summed E-state index contributed by atoms with van der Waals surface area (Å²) in [5, 5.41) is 0. The SMILES string of the molecule is C[C@H](CC(=O)N1CCN(C(=O)N(C)C)CC1)c1ccc(F)cc1F. The molecule has 1 aliphatic heterocycles. The second-order valence-corrected chi connectivity index (χ2v) is 6.32. The zero-order chi connectivity index (χ0) is 17.9. The van der Waals surface area contributed by atoms with Crippen LogP contribution in [0, 0.1) is 11.6 Å². The standard InChI is InChI=1S/C17H23F2N3O2/c1-12(14-5-4-13(18)11-15(14)19)10-16(23)21-6-8-22(9-7-21)17(24)20(2)3/h4-5,11-12H,6-10H2,1-3H3/t12-/m1/s1. The number of amides is 3. The number of piperazine rings is 1. The third-order valence-electron chi connectivity index (χ3n) is 4.26. The minimum absolute atomic E-state index is 0.0659. The van der Waals surface area contributed by atoms with Gasteiger partial charge >= 0.3 is 6.03 Å². The Kier molecular flexibility index (Phi) is 5.75. The van der Waals surface area contributed by atoms with Gasteiger partial charge in [0, 0.05) is 52.8 Å². The third-order valence-corrected chi connectivity index (χ3v) is 4.26. The predicted octanol–water partition coefficient (Wildman–Crippen LogP) is 2.28. The smallest absolute Gasteiger partial charge is 0.319 e. The van der Waals surface area contributed by atoms with Crippen molar-refractivity contribution in [3.63, 3.8) is 0 Å². The van der Waals surface area contributed by atoms with Crippen LogP contribution in [-0.2, 0) is 4.79 Å². The molecule has 7 heteroatoms. The van der Waals surface area contributed by atoms with E-state index in [4.69, 9.17) is 0 Å². The highest BCUT2D eigenvalue weighted by Crippen LogP contribution is 2.24. The summed E-state index contributed by atoms with van der Waals surface area (Å²) in [6.45, 7) is 3.66. The molecule has 1 saturated heterocycles. The van der Waals surface area contributed by atoms with Gasteiger partial charge in [0.15, 0.2) is 0 Å². The van der Waals surface area contributed by atoms with Crippen molar-refractivity contribution < 1.29 is 18.4 Å². The minimum Gasteiger partial charge on any atom is -0.339 e. The van der Waals surface area contributed by atoms with Crippen molar-refractivity contribution in [2.45, 2.75) is 19.3 Å². The Morgan fingerprint density at radius 2 is 1.71 bits per heavy atom. The molecule has 0 radical (unpaired) electrons. The Labute approximate surface area is 140 Å². The largest absolute Gasteiger partial charge is 0.339 e. The lowest BCUT2D eigenvalue weighted by molar-refractivity contribution is -0.133. The van der Waals surface area contributed by atoms with E-state index in [1.807, 2.05) is 0 Å². The number of halogens is 2. The average molecular weight is 339 g/mol. The van der Waals surface area contributed by atoms with Gasteiger partial charge in [-0.05, 0) is 17.5 Å². The van der Waals surface area contributed by atoms with E-state index < -0.39 is 11.6 Å². The van der Waals surface area contributed by atoms with Gasteiger partial charge in [0.05, 0.1) is 0 Å². The number of carbonyl (C=O) groups excluding carboxylic acids is 2. The molecule has 1 aromatic carbocycles. The van der Waals surface area contributed by atoms with E-state index in [0.717, 1.165) is 6.07 Å². The van der Waals surface area contributed by atoms with Crippen molar-refractivity contribution in [3.8, 4) is 0 Å². The molecule has 0 bridgehead atoms. The highest BCUT2D eigenvalue weighted by Gasteiger charge is 2.26. The van der Waals surface area contributed by atoms with Crippen molar-refractivity contribution >= 4 is 11.9 Å². The maximum absolute atomic E-state index is 13.8. The topological polar surface area (TPSA) is 43.9 Å². The van der Waals surface area contributed by atoms with Crippen molar-refractivity contribution in [1.29, 1.82) is 0 Å². The molecule has 1 aromatic rings. The first-order valence-electron chi connectivity index (χ1n) is 7.98. The molecule has 0 saturated carbocycles. The van der Waals surface area contributed by atoms with Gasteiger partial charge < -0.3 is 14.7 Å². The minimum atomic E-state index is -0.628. The van der Waals surface area contributed by atoms with Gasteiger partial charge in [0.1, 0.15) is 11.6 Å². The van der Waals surface area contributed by atoms with Crippen LogP contribution in [0.1, 0.15) is 24.8 Å². The second-order valence-electron chi connectivity index (χ2n) is 6.32. The summed E-state index contributed by atoms with van der Waals surface area (Å²) in [6, 6.07) is 3.35. The number of carbonyl (C=O) groups is 2. The molecular weight excluding hydrogens is 316 g/mol. The molecule has 1 atom stereocenters. The van der Waals surface area contributed by atoms with Crippen LogP contribution in [0.4, 0.5) is 13.6 Å². The maximum atomic E-state index is 13.8. The van der Waals surface area contributed by atoms with E-state index in [9.17, 15) is 18.4 Å². The van der Waals surface area contributed by atoms with Crippen LogP contribution in [0.15, 0.2) is 18.2 Å². The van der Waals surface area contributed by atoms with Gasteiger partial charge in [-0.1, -0.05) is 13.0 Å². The highest BCUT2D eigenvalue weighted by atomic mass is 19.1. The Morgan fingerprint density at radius 3 is 2.25 bits per heavy atom. The lowest BCUT2D eigenvalue weighted by atomic mass is 9.96. The maximum Gasteiger partial charge on any atom is 0.319 e. The van der Waals surface area contributed by atoms with Gasteiger partial charge in [-0.2, -0.15) is 0 Å². The van der Waals surface area contributed by atoms with Crippen LogP contribution in [0.5, 0.6) is 0 Å². The number of nitrogens with zero attached hydrogens (tertiary/aromatic N) is 3. The number of hydrogen-bond donors (Lipinski definition) is 0. The zero-order valence-electron chi connectivity index (χ0n) is 14.3. The van der Waals surface area contributed by atoms with Gasteiger partial charge in [-0.15, -0.1) is 0 Å². The lowest BCUT2D eigenvalue weighted by Gasteiger charge is -2.36. The summed E-state index contributed by atoms with van der Waals surface area (Å²) in [4.78, 5) is 29.2. The zero-order valence-corrected chi connectivity index (χ0v) is 14.3. The van der Waals surface area contributed by atoms with E-state index >= 15 is 0 Å². The Hall–Kier alpha value is -2.18. The lowest BCUT2D eigenvalue weighted by Crippen LogP contribution is -2.53. The Balaban J connectivity index is 1.90. The predicted molar refractivity (Wildman–Crippen MR) is 86.6 cm³/mol. The summed E-state index contributed by atoms with van der Waals surface area (Å²) < 4.78 is 26.8. The first-order chi connectivity index (χ1) is 11.3. The van der Waals surface area contributed by atoms with Crippen LogP contribution in [0.3, 0.4) is 0 Å². The first kappa shape index (κ1) is 18.2. The van der Waals surface area contributed by atoms with E-state index in [-0.39, 0.29) is 24.3 Å². The summed E-state index contributed by atoms with van der Waals surface area (Å²) in [6.07, 6.45) is 0.157. The highest BCUT2D eigenvalue weighted by molar-refractivity contribution is 5.78. The van der Waals surface area contributed by atoms with E-state index in [1.54, 1.807) is 30.8 Å². The molecule has 0 spiro atoms. The van der Waals surface area contributed by atoms with Crippen LogP contribution in [0.2, 0.25) is 0 Å². The van der Waals surface area contributed by atoms with Crippen LogP contribution >= 0.6 is 0 Å². The van der Waals surface area contributed by atoms with Crippen molar-refractivity contribution in [1.82, 2.24) is 14.7 Å². The molecule has 0 aliphatic carbocycles. The fraction of sp³-hybridized carbons (Fsp3) is 0.529. The molecule has 1 fully saturated rings. The van der Waals surface area contributed by atoms with Crippen molar-refractivity contribution in [2.24, 2.45) is 0 Å². The molecule has 5 nitrogen and oxygen atoms in total. The number of hydrogen-bond acceptors (Lipinski definition) is 2. The van der Waals surface area contributed by atoms with E-state index in [1.165, 1.54) is 17.0 Å². The first-order valence-corrected chi connectivity index (χ1v) is 7.98. The Morgan fingerprint density at radius 1 is 1.12 bits per heavy atom. The molecule has 1 aliphatic rings. The quantitative estimate of drug-likeness (QED) is 0.848. The molecule has 3 amide bonds. The van der Waals surface area contributed by atoms with Gasteiger partial charge in [0.2, 0.25) is 5.91 Å². The van der Waals surface area contributed by atoms with Crippen molar-refractivity contribution in [2.75, 3.05) is 40.3 Å². The van der Waals surface area contributed by atoms with Crippen LogP contribution < -0.4 is 0 Å². The van der Waals surface area contributed by atoms with Gasteiger partial charge in [-0.25, -0.2) is 13.6 Å². The fourth-order valence-electron chi connectivity index (χ4n) is 2.83. The molecule has 132 valence electrons. The molecular formula is C17H23F2N3O2. The number of urea groups is 1. The van der Waals surface area contributed by atoms with E-state index in [2.05, 4.69) is 0 Å². The molecule has 0 aromatic heterocycles. The van der Waals surface area contributed by atoms with Crippen LogP contribution in [-0.4, -0.2) is 66.9 Å². The summed E-state index contributed by atoms with van der Waals surface area (Å²) in [7, 11) is 3.39. The molecule has 0 N–H and O–H groups in total. The molecule has 2 rings (SSSR count). The Bertz CT molecular complexity index is 614. The molecule has 1 heterocycles. The summed E-state index contributed by atoms with van der Waals surface area (Å²) in [5.74, 6) is -1.67. The monoisotopic (exact) mass is 339 g/mol. The third kappa shape index (κ3) is 4.21. The number of benzene rings is 1. The average Bonchev–Trinajstić information content (AvgIpc) is 2.53. The van der Waals surface area contributed by atoms with Gasteiger partial charge in [0.25, 0.3) is 0 Å². The second kappa shape index (κ2) is 7.59. The fourth-order valence-corrected chi connectivity index (χ4v) is 2.83. The van der Waals surface area contributed by atoms with Crippen molar-refractivity contribution in [3.05, 3.63) is 35.4 Å². The van der Waals surface area contributed by atoms with E-state index in [0.29, 0.717) is 31.7 Å². The number of rotatable bonds is 3. The molecule has 0 unspecified atom stereocenters. The van der Waals surface area contributed by atoms with Crippen LogP contribution in [0.25, 0.3) is 0 Å². The molecule has 24 heavy (non-hydrogen) atoms. The summed E-state index contributed by atoms with van der Waals surface area (Å²) in [5.41, 5.74) is 0.339. The summed E-state index contributed by atoms with van der Waals surface area (Å²) >= 11 is 0. The normalized spacial score (nSPS) is 16.0.